The summed E-state index contributed by atoms with van der Waals surface area (Å²) in [6.07, 6.45) is 9.76. The highest BCUT2D eigenvalue weighted by Crippen LogP contribution is 2.50. The van der Waals surface area contributed by atoms with E-state index < -0.39 is 36.3 Å². The highest BCUT2D eigenvalue weighted by Gasteiger charge is 2.43. The normalized spacial score (nSPS) is 23.2. The van der Waals surface area contributed by atoms with Crippen LogP contribution in [0.15, 0.2) is 70.9 Å². The molecule has 76 heavy (non-hydrogen) atoms. The van der Waals surface area contributed by atoms with Crippen molar-refractivity contribution in [1.29, 1.82) is 0 Å². The summed E-state index contributed by atoms with van der Waals surface area (Å²) in [5.41, 5.74) is 7.32. The van der Waals surface area contributed by atoms with Crippen LogP contribution in [-0.2, 0) is 23.8 Å². The third-order valence-electron chi connectivity index (χ3n) is 15.7. The Hall–Kier alpha value is -4.93. The van der Waals surface area contributed by atoms with Crippen molar-refractivity contribution in [3.05, 3.63) is 87.6 Å². The van der Waals surface area contributed by atoms with Crippen molar-refractivity contribution in [2.45, 2.75) is 127 Å². The van der Waals surface area contributed by atoms with Crippen molar-refractivity contribution in [3.8, 4) is 17.0 Å². The molecule has 6 aliphatic heterocycles. The van der Waals surface area contributed by atoms with E-state index in [1.807, 2.05) is 42.8 Å². The van der Waals surface area contributed by atoms with E-state index in [4.69, 9.17) is 28.9 Å². The number of halogens is 1. The van der Waals surface area contributed by atoms with Crippen LogP contribution in [0.4, 0.5) is 14.0 Å². The van der Waals surface area contributed by atoms with E-state index in [0.29, 0.717) is 68.2 Å². The van der Waals surface area contributed by atoms with Gasteiger partial charge in [-0.25, -0.2) is 14.0 Å². The Bertz CT molecular complexity index is 2990. The first-order valence-corrected chi connectivity index (χ1v) is 26.4. The highest BCUT2D eigenvalue weighted by atomic mass is 32.1. The lowest BCUT2D eigenvalue weighted by atomic mass is 9.87. The van der Waals surface area contributed by atoms with Crippen LogP contribution >= 0.6 is 65.3 Å². The minimum atomic E-state index is -0.739. The number of methoxy groups -OCH3 is 2. The summed E-state index contributed by atoms with van der Waals surface area (Å²) in [4.78, 5) is 68.8. The summed E-state index contributed by atoms with van der Waals surface area (Å²) >= 11 is 1.75. The number of hydrogen-bond acceptors (Lipinski definition) is 11. The summed E-state index contributed by atoms with van der Waals surface area (Å²) in [7, 11) is 2.60. The third-order valence-corrected chi connectivity index (χ3v) is 17.0. The Labute approximate surface area is 475 Å². The topological polar surface area (TPSA) is 165 Å². The van der Waals surface area contributed by atoms with Crippen LogP contribution in [0.25, 0.3) is 33.3 Å². The zero-order valence-corrected chi connectivity index (χ0v) is 48.3. The molecule has 3 saturated heterocycles. The fourth-order valence-corrected chi connectivity index (χ4v) is 13.0. The molecular weight excluding hydrogens is 1070 g/mol. The number of alkyl carbamates (subject to hydrolysis) is 2. The molecule has 8 heterocycles. The maximum Gasteiger partial charge on any atom is 0.407 e. The standard InChI is InChI=1S/C55H62FN7O8S.4H2S/c1-29(2)49(59-54(66)68-4)51(64)61-17-6-8-42(61)40-24-37(28-58-40)34-22-38(56)48-44-25-35-21-32(12-13-41(35)63(44)53(71-45(48)26-34)47-15-14-46(72-47)31-10-11-31)36-23-39(57-27-36)43-9-7-18-62(43)52(65)50(60-55(67)69-5)33-16-19-70-30(3)20-33;;;;/h12-15,21-22,25-31,33,42-43,49-50,53H,6-11,16-20,23-24H2,1-5H3,(H,59,66)(H,60,67);4*1H2/t30-,33?,42-,43-,49-,50?,53?;;;;/m0..../s1. The van der Waals surface area contributed by atoms with Gasteiger partial charge >= 0.3 is 12.2 Å². The fourth-order valence-electron chi connectivity index (χ4n) is 11.8. The number of nitrogens with one attached hydrogen (secondary N) is 2. The second-order valence-corrected chi connectivity index (χ2v) is 21.9. The zero-order chi connectivity index (χ0) is 49.9. The van der Waals surface area contributed by atoms with Gasteiger partial charge in [0.1, 0.15) is 23.7 Å². The maximum atomic E-state index is 17.0. The molecule has 2 aromatic carbocycles. The van der Waals surface area contributed by atoms with E-state index in [1.54, 1.807) is 23.6 Å². The second-order valence-electron chi connectivity index (χ2n) is 20.7. The third kappa shape index (κ3) is 11.3. The molecular formula is C55H70FN7O8S5. The van der Waals surface area contributed by atoms with Gasteiger partial charge in [0.2, 0.25) is 18.0 Å². The van der Waals surface area contributed by atoms with Crippen molar-refractivity contribution in [3.63, 3.8) is 0 Å². The molecule has 4 amide bonds. The number of allylic oxidation sites excluding steroid dienone is 2. The Kier molecular flexibility index (Phi) is 18.9. The lowest BCUT2D eigenvalue weighted by Crippen LogP contribution is -2.55. The molecule has 2 N–H and O–H groups in total. The van der Waals surface area contributed by atoms with Crippen molar-refractivity contribution in [1.82, 2.24) is 25.0 Å². The minimum absolute atomic E-state index is 0. The number of ether oxygens (including phenoxy) is 4. The van der Waals surface area contributed by atoms with Gasteiger partial charge < -0.3 is 39.4 Å². The summed E-state index contributed by atoms with van der Waals surface area (Å²) in [5, 5.41) is 6.52. The van der Waals surface area contributed by atoms with Crippen LogP contribution in [0, 0.1) is 17.7 Å². The van der Waals surface area contributed by atoms with Gasteiger partial charge in [0.15, 0.2) is 0 Å². The number of carbonyl (C=O) groups excluding carboxylic acids is 4. The number of nitrogens with zero attached hydrogens (tertiary/aromatic N) is 5. The average molecular weight is 1140 g/mol. The van der Waals surface area contributed by atoms with Crippen LogP contribution in [-0.4, -0.2) is 114 Å². The number of aromatic nitrogens is 1. The Morgan fingerprint density at radius 1 is 0.763 bits per heavy atom. The molecule has 4 aromatic rings. The number of likely N-dealkylation sites (tertiary alicyclic amines) is 2. The van der Waals surface area contributed by atoms with Crippen LogP contribution in [0.1, 0.15) is 118 Å². The van der Waals surface area contributed by atoms with Crippen molar-refractivity contribution in [2.24, 2.45) is 21.8 Å². The number of fused-ring (bicyclic) bond motifs is 5. The Morgan fingerprint density at radius 3 is 2.03 bits per heavy atom. The van der Waals surface area contributed by atoms with E-state index in [9.17, 15) is 19.2 Å². The van der Waals surface area contributed by atoms with E-state index in [0.717, 1.165) is 75.3 Å². The molecule has 15 nitrogen and oxygen atoms in total. The molecule has 0 radical (unpaired) electrons. The minimum Gasteiger partial charge on any atom is -0.464 e. The fraction of sp³-hybridized carbons (Fsp3) is 0.491. The first-order valence-electron chi connectivity index (χ1n) is 25.6. The Balaban J connectivity index is 0.00000210. The zero-order valence-electron chi connectivity index (χ0n) is 43.5. The predicted molar refractivity (Wildman–Crippen MR) is 315 cm³/mol. The van der Waals surface area contributed by atoms with Gasteiger partial charge in [-0.15, -0.1) is 11.3 Å². The molecule has 3 unspecified atom stereocenters. The molecule has 0 bridgehead atoms. The SMILES string of the molecule is COC(=O)NC(C(=O)N1CCC[C@H]1C1=NC=C(c2ccc3c(c2)cc2n3C(c3ccc(C4CC4)s3)Oc3cc(C4=CN=C([C@@H]5CCCN5C(=O)[C@@H](NC(=O)OC)C(C)C)C4)cc(F)c3-2)C1)C1CCO[C@@H](C)C1.S.S.S.S. The van der Waals surface area contributed by atoms with Gasteiger partial charge in [-0.3, -0.25) is 24.1 Å². The molecule has 7 atom stereocenters. The summed E-state index contributed by atoms with van der Waals surface area (Å²) in [6.45, 7) is 7.45. The van der Waals surface area contributed by atoms with E-state index in [1.165, 1.54) is 31.9 Å². The number of carbonyl (C=O) groups is 4. The number of rotatable bonds is 12. The smallest absolute Gasteiger partial charge is 0.407 e. The van der Waals surface area contributed by atoms with Crippen molar-refractivity contribution >= 4 is 123 Å². The molecule has 11 rings (SSSR count). The van der Waals surface area contributed by atoms with Gasteiger partial charge in [0.05, 0.1) is 54.1 Å². The predicted octanol–water partition coefficient (Wildman–Crippen LogP) is 10.1. The van der Waals surface area contributed by atoms with Crippen LogP contribution < -0.4 is 15.4 Å². The van der Waals surface area contributed by atoms with Crippen LogP contribution in [0.5, 0.6) is 5.75 Å². The quantitative estimate of drug-likeness (QED) is 0.142. The summed E-state index contributed by atoms with van der Waals surface area (Å²) in [6, 6.07) is 14.4. The van der Waals surface area contributed by atoms with Gasteiger partial charge in [-0.1, -0.05) is 19.9 Å². The van der Waals surface area contributed by atoms with Gasteiger partial charge in [0, 0.05) is 66.6 Å². The van der Waals surface area contributed by atoms with Crippen molar-refractivity contribution in [2.75, 3.05) is 33.9 Å². The average Bonchev–Trinajstić information content (AvgIpc) is 4.11. The molecule has 0 spiro atoms. The molecule has 21 heteroatoms. The number of benzene rings is 2. The molecule has 410 valence electrons. The van der Waals surface area contributed by atoms with Crippen molar-refractivity contribution < 1.29 is 42.5 Å². The lowest BCUT2D eigenvalue weighted by molar-refractivity contribution is -0.136. The second kappa shape index (κ2) is 24.4. The van der Waals surface area contributed by atoms with Gasteiger partial charge in [-0.05, 0) is 141 Å². The van der Waals surface area contributed by atoms with E-state index in [2.05, 4.69) is 51.6 Å². The van der Waals surface area contributed by atoms with E-state index in [-0.39, 0.29) is 95.8 Å². The molecule has 1 saturated carbocycles. The lowest BCUT2D eigenvalue weighted by Gasteiger charge is -2.36. The van der Waals surface area contributed by atoms with Gasteiger partial charge in [0.25, 0.3) is 0 Å². The molecule has 1 aliphatic carbocycles. The summed E-state index contributed by atoms with van der Waals surface area (Å²) < 4.78 is 41.7. The number of thiophene rings is 1. The number of aliphatic imine (C=N–C) groups is 2. The monoisotopic (exact) mass is 1140 g/mol. The van der Waals surface area contributed by atoms with E-state index >= 15 is 4.39 Å². The highest BCUT2D eigenvalue weighted by molar-refractivity contribution is 7.59. The molecule has 7 aliphatic rings. The first kappa shape index (κ1) is 58.7. The maximum absolute atomic E-state index is 17.0. The van der Waals surface area contributed by atoms with Crippen LogP contribution in [0.2, 0.25) is 0 Å². The first-order chi connectivity index (χ1) is 34.9. The Morgan fingerprint density at radius 2 is 1.39 bits per heavy atom. The number of amides is 4. The van der Waals surface area contributed by atoms with Crippen LogP contribution in [0.3, 0.4) is 0 Å². The largest absolute Gasteiger partial charge is 0.464 e. The molecule has 4 fully saturated rings. The summed E-state index contributed by atoms with van der Waals surface area (Å²) in [5.74, 6) is 0.113. The number of hydrogen-bond donors (Lipinski definition) is 2. The molecule has 2 aromatic heterocycles. The van der Waals surface area contributed by atoms with Gasteiger partial charge in [-0.2, -0.15) is 54.0 Å².